The first-order valence-electron chi connectivity index (χ1n) is 15.2. The topological polar surface area (TPSA) is 94.4 Å². The van der Waals surface area contributed by atoms with E-state index in [-0.39, 0.29) is 54.4 Å². The molecule has 1 amide bonds. The zero-order chi connectivity index (χ0) is 33.7. The van der Waals surface area contributed by atoms with Crippen molar-refractivity contribution in [1.82, 2.24) is 30.0 Å². The second-order valence-corrected chi connectivity index (χ2v) is 12.5. The Kier molecular flexibility index (Phi) is 8.26. The van der Waals surface area contributed by atoms with Gasteiger partial charge in [-0.05, 0) is 42.1 Å². The van der Waals surface area contributed by atoms with Gasteiger partial charge in [0.15, 0.2) is 0 Å². The summed E-state index contributed by atoms with van der Waals surface area (Å²) in [7, 11) is 1.49. The highest BCUT2D eigenvalue weighted by atomic mass is 32.1. The number of nitrogens with zero attached hydrogens (tertiary/aromatic N) is 5. The molecule has 0 spiro atoms. The zero-order valence-electron chi connectivity index (χ0n) is 26.0. The molecule has 2 aliphatic rings. The fourth-order valence-electron chi connectivity index (χ4n) is 6.38. The summed E-state index contributed by atoms with van der Waals surface area (Å²) in [5.74, 6) is -5.07. The number of ether oxygens (including phenoxy) is 2. The van der Waals surface area contributed by atoms with Crippen molar-refractivity contribution in [3.05, 3.63) is 83.1 Å². The Morgan fingerprint density at radius 3 is 2.79 bits per heavy atom. The zero-order valence-corrected chi connectivity index (χ0v) is 26.8. The number of halogens is 4. The molecule has 48 heavy (non-hydrogen) atoms. The van der Waals surface area contributed by atoms with Crippen molar-refractivity contribution < 1.29 is 31.8 Å². The molecule has 0 bridgehead atoms. The van der Waals surface area contributed by atoms with E-state index in [0.29, 0.717) is 51.3 Å². The summed E-state index contributed by atoms with van der Waals surface area (Å²) in [6.07, 6.45) is 2.64. The van der Waals surface area contributed by atoms with Gasteiger partial charge in [0, 0.05) is 59.7 Å². The summed E-state index contributed by atoms with van der Waals surface area (Å²) in [6.45, 7) is 6.21. The quantitative estimate of drug-likeness (QED) is 0.114. The standard InChI is InChI=1S/C34H30F4N6O3S/c1-4-27(45)43-6-7-44-25(18(43)2)14-24(42-44)31-29(28-23(36)12-21(35)13-26(28)47-9-8-46-3)32-22(5-10-48-32)30(41-31)19-11-20-15-39-17-34(37,38)33(20)40-16-19/h4-5,10-14,16,18,39H,1,6-9,15,17H2,2-3H3/t18-/m1/s1. The van der Waals surface area contributed by atoms with Crippen molar-refractivity contribution in [2.75, 3.05) is 33.4 Å². The number of hydrogen-bond donors (Lipinski definition) is 1. The molecule has 5 aromatic rings. The summed E-state index contributed by atoms with van der Waals surface area (Å²) in [5.41, 5.74) is 2.66. The number of pyridine rings is 2. The Labute approximate surface area is 276 Å². The molecule has 6 heterocycles. The third-order valence-corrected chi connectivity index (χ3v) is 9.56. The number of rotatable bonds is 8. The van der Waals surface area contributed by atoms with E-state index in [9.17, 15) is 18.0 Å². The number of methoxy groups -OCH3 is 1. The highest BCUT2D eigenvalue weighted by molar-refractivity contribution is 7.18. The van der Waals surface area contributed by atoms with Crippen LogP contribution < -0.4 is 10.1 Å². The van der Waals surface area contributed by atoms with E-state index in [2.05, 4.69) is 16.9 Å². The van der Waals surface area contributed by atoms with Crippen LogP contribution in [0.5, 0.6) is 5.75 Å². The number of nitrogens with one attached hydrogen (secondary N) is 1. The minimum absolute atomic E-state index is 0.0103. The summed E-state index contributed by atoms with van der Waals surface area (Å²) in [6, 6.07) is 6.80. The lowest BCUT2D eigenvalue weighted by Gasteiger charge is -2.33. The fourth-order valence-corrected chi connectivity index (χ4v) is 7.33. The van der Waals surface area contributed by atoms with E-state index in [4.69, 9.17) is 19.6 Å². The van der Waals surface area contributed by atoms with E-state index in [1.807, 2.05) is 18.4 Å². The molecule has 7 rings (SSSR count). The number of aromatic nitrogens is 4. The summed E-state index contributed by atoms with van der Waals surface area (Å²) in [4.78, 5) is 23.5. The highest BCUT2D eigenvalue weighted by Gasteiger charge is 2.39. The van der Waals surface area contributed by atoms with Crippen LogP contribution in [0.3, 0.4) is 0 Å². The maximum Gasteiger partial charge on any atom is 0.302 e. The van der Waals surface area contributed by atoms with E-state index in [1.54, 1.807) is 21.7 Å². The van der Waals surface area contributed by atoms with Gasteiger partial charge in [-0.1, -0.05) is 6.58 Å². The molecule has 0 fully saturated rings. The first-order chi connectivity index (χ1) is 23.1. The van der Waals surface area contributed by atoms with Gasteiger partial charge in [-0.3, -0.25) is 14.5 Å². The molecule has 0 aliphatic carbocycles. The predicted molar refractivity (Wildman–Crippen MR) is 173 cm³/mol. The molecule has 248 valence electrons. The minimum atomic E-state index is -3.13. The lowest BCUT2D eigenvalue weighted by molar-refractivity contribution is -0.129. The second kappa shape index (κ2) is 12.4. The molecule has 0 saturated carbocycles. The van der Waals surface area contributed by atoms with Crippen LogP contribution in [-0.4, -0.2) is 64.0 Å². The lowest BCUT2D eigenvalue weighted by atomic mass is 9.95. The highest BCUT2D eigenvalue weighted by Crippen LogP contribution is 2.47. The molecule has 14 heteroatoms. The van der Waals surface area contributed by atoms with Gasteiger partial charge in [0.1, 0.15) is 41.1 Å². The van der Waals surface area contributed by atoms with Gasteiger partial charge in [-0.25, -0.2) is 13.8 Å². The van der Waals surface area contributed by atoms with E-state index < -0.39 is 24.1 Å². The van der Waals surface area contributed by atoms with Crippen molar-refractivity contribution >= 4 is 27.3 Å². The third kappa shape index (κ3) is 5.43. The average Bonchev–Trinajstić information content (AvgIpc) is 3.72. The van der Waals surface area contributed by atoms with Crippen molar-refractivity contribution in [2.24, 2.45) is 0 Å². The van der Waals surface area contributed by atoms with Gasteiger partial charge in [0.2, 0.25) is 5.91 Å². The van der Waals surface area contributed by atoms with E-state index in [1.165, 1.54) is 30.7 Å². The number of benzene rings is 1. The number of carbonyl (C=O) groups excluding carboxylic acids is 1. The number of hydrogen-bond acceptors (Lipinski definition) is 8. The van der Waals surface area contributed by atoms with Gasteiger partial charge in [-0.15, -0.1) is 11.3 Å². The van der Waals surface area contributed by atoms with Crippen molar-refractivity contribution in [2.45, 2.75) is 32.0 Å². The molecule has 1 N–H and O–H groups in total. The van der Waals surface area contributed by atoms with Crippen molar-refractivity contribution in [3.63, 3.8) is 0 Å². The Bertz CT molecular complexity index is 2080. The van der Waals surface area contributed by atoms with Gasteiger partial charge in [0.25, 0.3) is 0 Å². The minimum Gasteiger partial charge on any atom is -0.490 e. The number of carbonyl (C=O) groups is 1. The van der Waals surface area contributed by atoms with Gasteiger partial charge in [-0.2, -0.15) is 13.9 Å². The SMILES string of the molecule is C=CC(=O)N1CCn2nc(-c3nc(-c4cnc5c(c4)CNCC5(F)F)c4ccsc4c3-c3c(F)cc(F)cc3OCCOC)cc2[C@H]1C. The number of amides is 1. The van der Waals surface area contributed by atoms with Crippen LogP contribution in [0.4, 0.5) is 17.6 Å². The normalized spacial score (nSPS) is 16.9. The van der Waals surface area contributed by atoms with Gasteiger partial charge < -0.3 is 19.7 Å². The molecular formula is C34H30F4N6O3S. The molecule has 0 unspecified atom stereocenters. The van der Waals surface area contributed by atoms with Crippen LogP contribution in [-0.2, 0) is 28.5 Å². The van der Waals surface area contributed by atoms with Crippen LogP contribution in [0.2, 0.25) is 0 Å². The Hall–Kier alpha value is -4.66. The Morgan fingerprint density at radius 1 is 1.17 bits per heavy atom. The van der Waals surface area contributed by atoms with Crippen LogP contribution in [0.25, 0.3) is 43.9 Å². The number of alkyl halides is 2. The predicted octanol–water partition coefficient (Wildman–Crippen LogP) is 6.48. The van der Waals surface area contributed by atoms with Crippen molar-refractivity contribution in [3.8, 4) is 39.5 Å². The molecule has 9 nitrogen and oxygen atoms in total. The molecule has 4 aromatic heterocycles. The smallest absolute Gasteiger partial charge is 0.302 e. The van der Waals surface area contributed by atoms with Crippen LogP contribution in [0.1, 0.15) is 29.9 Å². The number of thiophene rings is 1. The fraction of sp³-hybridized carbons (Fsp3) is 0.294. The summed E-state index contributed by atoms with van der Waals surface area (Å²) in [5, 5.41) is 10.0. The molecule has 0 saturated heterocycles. The van der Waals surface area contributed by atoms with Crippen LogP contribution >= 0.6 is 11.3 Å². The first-order valence-corrected chi connectivity index (χ1v) is 16.1. The molecule has 1 aromatic carbocycles. The van der Waals surface area contributed by atoms with Gasteiger partial charge >= 0.3 is 5.92 Å². The first kappa shape index (κ1) is 31.9. The average molecular weight is 679 g/mol. The van der Waals surface area contributed by atoms with Gasteiger partial charge in [0.05, 0.1) is 42.7 Å². The molecular weight excluding hydrogens is 648 g/mol. The molecule has 1 atom stereocenters. The Morgan fingerprint density at radius 2 is 2.00 bits per heavy atom. The maximum absolute atomic E-state index is 16.0. The maximum atomic E-state index is 16.0. The van der Waals surface area contributed by atoms with Crippen LogP contribution in [0, 0.1) is 11.6 Å². The van der Waals surface area contributed by atoms with E-state index >= 15 is 4.39 Å². The summed E-state index contributed by atoms with van der Waals surface area (Å²) < 4.78 is 73.3. The summed E-state index contributed by atoms with van der Waals surface area (Å²) >= 11 is 1.32. The molecule has 0 radical (unpaired) electrons. The number of fused-ring (bicyclic) bond motifs is 3. The largest absolute Gasteiger partial charge is 0.490 e. The monoisotopic (exact) mass is 678 g/mol. The lowest BCUT2D eigenvalue weighted by Crippen LogP contribution is -2.40. The Balaban J connectivity index is 1.49. The molecule has 2 aliphatic heterocycles. The van der Waals surface area contributed by atoms with Crippen molar-refractivity contribution in [1.29, 1.82) is 0 Å². The third-order valence-electron chi connectivity index (χ3n) is 8.63. The van der Waals surface area contributed by atoms with Crippen LogP contribution in [0.15, 0.2) is 54.6 Å². The second-order valence-electron chi connectivity index (χ2n) is 11.6. The van der Waals surface area contributed by atoms with E-state index in [0.717, 1.165) is 17.8 Å².